The van der Waals surface area contributed by atoms with Gasteiger partial charge in [-0.3, -0.25) is 9.80 Å². The first-order chi connectivity index (χ1) is 12.6. The Balaban J connectivity index is 1.61. The van der Waals surface area contributed by atoms with Crippen LogP contribution >= 0.6 is 11.3 Å². The van der Waals surface area contributed by atoms with Crippen LogP contribution in [-0.2, 0) is 16.1 Å². The standard InChI is InChI=1S/C18H26N4O3S/c1-3-25-17(23)16-13(2)19-18(24)20-15(16)12-22-8-6-21(7-9-22)11-14-5-4-10-26-14/h4-5,10,13H,3,6-9,11-12H2,1-2H3,(H2,19,20,24). The van der Waals surface area contributed by atoms with Crippen molar-refractivity contribution < 1.29 is 14.3 Å². The lowest BCUT2D eigenvalue weighted by molar-refractivity contribution is -0.139. The van der Waals surface area contributed by atoms with Gasteiger partial charge >= 0.3 is 12.0 Å². The molecule has 142 valence electrons. The van der Waals surface area contributed by atoms with Gasteiger partial charge in [-0.15, -0.1) is 11.3 Å². The van der Waals surface area contributed by atoms with E-state index in [1.165, 1.54) is 4.88 Å². The second-order valence-corrected chi connectivity index (χ2v) is 7.60. The molecule has 2 N–H and O–H groups in total. The first-order valence-corrected chi connectivity index (χ1v) is 9.89. The third kappa shape index (κ3) is 4.63. The molecule has 1 atom stereocenters. The molecule has 1 fully saturated rings. The summed E-state index contributed by atoms with van der Waals surface area (Å²) in [7, 11) is 0. The second-order valence-electron chi connectivity index (χ2n) is 6.56. The number of carbonyl (C=O) groups is 2. The van der Waals surface area contributed by atoms with Gasteiger partial charge in [0.1, 0.15) is 0 Å². The third-order valence-corrected chi connectivity index (χ3v) is 5.53. The molecule has 8 heteroatoms. The zero-order valence-corrected chi connectivity index (χ0v) is 16.1. The van der Waals surface area contributed by atoms with E-state index in [2.05, 4.69) is 37.9 Å². The number of thiophene rings is 1. The van der Waals surface area contributed by atoms with Gasteiger partial charge in [0.25, 0.3) is 0 Å². The molecule has 7 nitrogen and oxygen atoms in total. The number of nitrogens with one attached hydrogen (secondary N) is 2. The Morgan fingerprint density at radius 1 is 1.27 bits per heavy atom. The van der Waals surface area contributed by atoms with E-state index in [0.717, 1.165) is 32.7 Å². The predicted octanol–water partition coefficient (Wildman–Crippen LogP) is 1.38. The van der Waals surface area contributed by atoms with E-state index in [1.54, 1.807) is 18.3 Å². The molecule has 0 radical (unpaired) electrons. The Morgan fingerprint density at radius 3 is 2.58 bits per heavy atom. The van der Waals surface area contributed by atoms with E-state index in [1.807, 2.05) is 6.92 Å². The lowest BCUT2D eigenvalue weighted by atomic mass is 10.0. The van der Waals surface area contributed by atoms with E-state index in [4.69, 9.17) is 4.74 Å². The molecule has 1 aromatic heterocycles. The van der Waals surface area contributed by atoms with Crippen LogP contribution in [0, 0.1) is 0 Å². The number of esters is 1. The Labute approximate surface area is 158 Å². The van der Waals surface area contributed by atoms with E-state index >= 15 is 0 Å². The van der Waals surface area contributed by atoms with Gasteiger partial charge in [-0.05, 0) is 25.3 Å². The van der Waals surface area contributed by atoms with Crippen molar-refractivity contribution in [3.63, 3.8) is 0 Å². The zero-order chi connectivity index (χ0) is 18.5. The van der Waals surface area contributed by atoms with Gasteiger partial charge in [0.05, 0.1) is 18.2 Å². The summed E-state index contributed by atoms with van der Waals surface area (Å²) in [6, 6.07) is 3.63. The highest BCUT2D eigenvalue weighted by Gasteiger charge is 2.31. The van der Waals surface area contributed by atoms with Crippen LogP contribution in [0.2, 0.25) is 0 Å². The summed E-state index contributed by atoms with van der Waals surface area (Å²) >= 11 is 1.79. The Kier molecular flexibility index (Phi) is 6.29. The van der Waals surface area contributed by atoms with E-state index in [-0.39, 0.29) is 18.0 Å². The fourth-order valence-corrected chi connectivity index (χ4v) is 4.10. The van der Waals surface area contributed by atoms with Crippen LogP contribution in [0.15, 0.2) is 28.8 Å². The SMILES string of the molecule is CCOC(=O)C1=C(CN2CCN(Cc3cccs3)CC2)NC(=O)NC1C. The topological polar surface area (TPSA) is 73.9 Å². The van der Waals surface area contributed by atoms with E-state index in [9.17, 15) is 9.59 Å². The highest BCUT2D eigenvalue weighted by Crippen LogP contribution is 2.17. The van der Waals surface area contributed by atoms with Gasteiger partial charge in [0, 0.05) is 49.8 Å². The molecule has 1 aromatic rings. The maximum Gasteiger partial charge on any atom is 0.337 e. The van der Waals surface area contributed by atoms with Crippen molar-refractivity contribution >= 4 is 23.3 Å². The molecule has 0 aromatic carbocycles. The lowest BCUT2D eigenvalue weighted by Gasteiger charge is -2.36. The van der Waals surface area contributed by atoms with Gasteiger partial charge in [0.15, 0.2) is 0 Å². The molecule has 3 heterocycles. The summed E-state index contributed by atoms with van der Waals surface area (Å²) in [6.45, 7) is 9.21. The van der Waals surface area contributed by atoms with Gasteiger partial charge in [0.2, 0.25) is 0 Å². The zero-order valence-electron chi connectivity index (χ0n) is 15.3. The van der Waals surface area contributed by atoms with Crippen molar-refractivity contribution in [3.8, 4) is 0 Å². The summed E-state index contributed by atoms with van der Waals surface area (Å²) in [6.07, 6.45) is 0. The molecule has 2 amide bonds. The monoisotopic (exact) mass is 378 g/mol. The maximum absolute atomic E-state index is 12.3. The molecule has 0 saturated carbocycles. The summed E-state index contributed by atoms with van der Waals surface area (Å²) in [5, 5.41) is 7.65. The van der Waals surface area contributed by atoms with Crippen molar-refractivity contribution in [1.82, 2.24) is 20.4 Å². The summed E-state index contributed by atoms with van der Waals surface area (Å²) in [4.78, 5) is 30.2. The molecule has 2 aliphatic rings. The van der Waals surface area contributed by atoms with Gasteiger partial charge in [-0.25, -0.2) is 9.59 Å². The second kappa shape index (κ2) is 8.66. The van der Waals surface area contributed by atoms with Crippen LogP contribution in [-0.4, -0.2) is 67.2 Å². The van der Waals surface area contributed by atoms with E-state index in [0.29, 0.717) is 24.4 Å². The summed E-state index contributed by atoms with van der Waals surface area (Å²) < 4.78 is 5.17. The highest BCUT2D eigenvalue weighted by atomic mass is 32.1. The van der Waals surface area contributed by atoms with E-state index < -0.39 is 0 Å². The number of hydrogen-bond acceptors (Lipinski definition) is 6. The molecule has 0 bridgehead atoms. The molecule has 26 heavy (non-hydrogen) atoms. The molecular weight excluding hydrogens is 352 g/mol. The largest absolute Gasteiger partial charge is 0.463 e. The Hall–Kier alpha value is -1.90. The van der Waals surface area contributed by atoms with Gasteiger partial charge in [-0.2, -0.15) is 0 Å². The maximum atomic E-state index is 12.3. The molecule has 0 aliphatic carbocycles. The highest BCUT2D eigenvalue weighted by molar-refractivity contribution is 7.09. The van der Waals surface area contributed by atoms with Crippen molar-refractivity contribution in [3.05, 3.63) is 33.7 Å². The number of amides is 2. The number of hydrogen-bond donors (Lipinski definition) is 2. The minimum atomic E-state index is -0.362. The van der Waals surface area contributed by atoms with Crippen LogP contribution in [0.4, 0.5) is 4.79 Å². The van der Waals surface area contributed by atoms with Crippen LogP contribution < -0.4 is 10.6 Å². The Morgan fingerprint density at radius 2 is 1.96 bits per heavy atom. The normalized spacial score (nSPS) is 22.1. The van der Waals surface area contributed by atoms with Crippen molar-refractivity contribution in [1.29, 1.82) is 0 Å². The lowest BCUT2D eigenvalue weighted by Crippen LogP contribution is -2.53. The number of carbonyl (C=O) groups excluding carboxylic acids is 2. The minimum Gasteiger partial charge on any atom is -0.463 e. The average molecular weight is 378 g/mol. The smallest absolute Gasteiger partial charge is 0.337 e. The number of rotatable bonds is 6. The number of ether oxygens (including phenoxy) is 1. The van der Waals surface area contributed by atoms with Crippen LogP contribution in [0.1, 0.15) is 18.7 Å². The van der Waals surface area contributed by atoms with Gasteiger partial charge in [-0.1, -0.05) is 6.07 Å². The van der Waals surface area contributed by atoms with Crippen molar-refractivity contribution in [2.24, 2.45) is 0 Å². The fraction of sp³-hybridized carbons (Fsp3) is 0.556. The first kappa shape index (κ1) is 18.9. The summed E-state index contributed by atoms with van der Waals surface area (Å²) in [5.41, 5.74) is 1.18. The molecular formula is C18H26N4O3S. The van der Waals surface area contributed by atoms with Crippen LogP contribution in [0.25, 0.3) is 0 Å². The molecule has 2 aliphatic heterocycles. The van der Waals surface area contributed by atoms with Crippen molar-refractivity contribution in [2.75, 3.05) is 39.3 Å². The number of urea groups is 1. The molecule has 0 spiro atoms. The quantitative estimate of drug-likeness (QED) is 0.732. The number of nitrogens with zero attached hydrogens (tertiary/aromatic N) is 2. The van der Waals surface area contributed by atoms with Crippen LogP contribution in [0.3, 0.4) is 0 Å². The number of piperazine rings is 1. The Bertz CT molecular complexity index is 666. The summed E-state index contributed by atoms with van der Waals surface area (Å²) in [5.74, 6) is -0.362. The minimum absolute atomic E-state index is 0.267. The molecule has 3 rings (SSSR count). The predicted molar refractivity (Wildman–Crippen MR) is 101 cm³/mol. The van der Waals surface area contributed by atoms with Crippen LogP contribution in [0.5, 0.6) is 0 Å². The van der Waals surface area contributed by atoms with Crippen molar-refractivity contribution in [2.45, 2.75) is 26.4 Å². The average Bonchev–Trinajstić information content (AvgIpc) is 3.09. The first-order valence-electron chi connectivity index (χ1n) is 9.01. The molecule has 1 saturated heterocycles. The molecule has 1 unspecified atom stereocenters. The fourth-order valence-electron chi connectivity index (χ4n) is 3.36. The third-order valence-electron chi connectivity index (χ3n) is 4.67. The van der Waals surface area contributed by atoms with Gasteiger partial charge < -0.3 is 15.4 Å².